The summed E-state index contributed by atoms with van der Waals surface area (Å²) in [6.07, 6.45) is 1.60. The van der Waals surface area contributed by atoms with Crippen LogP contribution in [0.15, 0.2) is 60.8 Å². The van der Waals surface area contributed by atoms with Crippen LogP contribution < -0.4 is 20.3 Å². The van der Waals surface area contributed by atoms with Crippen LogP contribution in [-0.2, 0) is 11.3 Å². The topological polar surface area (TPSA) is 79.4 Å². The molecule has 1 aromatic heterocycles. The molecule has 0 spiro atoms. The zero-order valence-corrected chi connectivity index (χ0v) is 15.6. The number of nitrogens with one attached hydrogen (secondary N) is 2. The number of nitrogens with zero attached hydrogens (tertiary/aromatic N) is 3. The third-order valence-electron chi connectivity index (χ3n) is 4.46. The van der Waals surface area contributed by atoms with Gasteiger partial charge in [-0.25, -0.2) is 9.37 Å². The molecular weight excluding hydrogens is 373 g/mol. The van der Waals surface area contributed by atoms with Crippen molar-refractivity contribution in [3.63, 3.8) is 0 Å². The third-order valence-corrected chi connectivity index (χ3v) is 4.46. The highest BCUT2D eigenvalue weighted by Gasteiger charge is 2.16. The minimum absolute atomic E-state index is 0.0434. The molecule has 1 aliphatic heterocycles. The normalized spacial score (nSPS) is 13.7. The number of anilines is 2. The van der Waals surface area contributed by atoms with Crippen LogP contribution in [0, 0.1) is 5.82 Å². The van der Waals surface area contributed by atoms with Crippen LogP contribution >= 0.6 is 0 Å². The molecule has 1 saturated heterocycles. The number of ether oxygens (including phenoxy) is 1. The standard InChI is InChI=1S/C21H20FN5O2/c22-16-3-7-18(8-4-16)29-20-9-10-24-21(26-20)25-13-15-1-5-17(6-2-15)27-12-11-23-19(28)14-27/h1-10H,11-14H2,(H,23,28)(H,24,25,26). The average molecular weight is 393 g/mol. The van der Waals surface area contributed by atoms with Crippen molar-refractivity contribution in [2.24, 2.45) is 0 Å². The van der Waals surface area contributed by atoms with E-state index in [-0.39, 0.29) is 11.7 Å². The fourth-order valence-corrected chi connectivity index (χ4v) is 2.97. The summed E-state index contributed by atoms with van der Waals surface area (Å²) in [4.78, 5) is 22.1. The minimum atomic E-state index is -0.322. The molecule has 0 unspecified atom stereocenters. The molecule has 3 aromatic rings. The van der Waals surface area contributed by atoms with Crippen molar-refractivity contribution in [1.82, 2.24) is 15.3 Å². The van der Waals surface area contributed by atoms with Gasteiger partial charge in [0.1, 0.15) is 11.6 Å². The Morgan fingerprint density at radius 2 is 1.90 bits per heavy atom. The Balaban J connectivity index is 1.35. The molecular formula is C21H20FN5O2. The number of amides is 1. The Bertz CT molecular complexity index is 979. The fraction of sp³-hybridized carbons (Fsp3) is 0.190. The van der Waals surface area contributed by atoms with E-state index in [0.717, 1.165) is 17.8 Å². The predicted octanol–water partition coefficient (Wildman–Crippen LogP) is 2.96. The fourth-order valence-electron chi connectivity index (χ4n) is 2.97. The molecule has 148 valence electrons. The second-order valence-corrected chi connectivity index (χ2v) is 6.57. The van der Waals surface area contributed by atoms with Crippen molar-refractivity contribution in [2.45, 2.75) is 6.54 Å². The van der Waals surface area contributed by atoms with E-state index in [2.05, 4.69) is 25.5 Å². The zero-order valence-electron chi connectivity index (χ0n) is 15.6. The highest BCUT2D eigenvalue weighted by atomic mass is 19.1. The average Bonchev–Trinajstić information content (AvgIpc) is 2.75. The Morgan fingerprint density at radius 1 is 1.10 bits per heavy atom. The number of carbonyl (C=O) groups excluding carboxylic acids is 1. The van der Waals surface area contributed by atoms with Crippen LogP contribution in [0.4, 0.5) is 16.0 Å². The molecule has 29 heavy (non-hydrogen) atoms. The molecule has 7 nitrogen and oxygen atoms in total. The summed E-state index contributed by atoms with van der Waals surface area (Å²) in [6, 6.07) is 15.4. The van der Waals surface area contributed by atoms with Crippen molar-refractivity contribution in [2.75, 3.05) is 29.9 Å². The maximum atomic E-state index is 13.0. The molecule has 8 heteroatoms. The number of hydrogen-bond acceptors (Lipinski definition) is 6. The van der Waals surface area contributed by atoms with Gasteiger partial charge in [-0.1, -0.05) is 12.1 Å². The van der Waals surface area contributed by atoms with Gasteiger partial charge in [0.05, 0.1) is 6.54 Å². The summed E-state index contributed by atoms with van der Waals surface area (Å²) in [7, 11) is 0. The van der Waals surface area contributed by atoms with E-state index >= 15 is 0 Å². The number of rotatable bonds is 6. The van der Waals surface area contributed by atoms with Gasteiger partial charge in [0.25, 0.3) is 0 Å². The summed E-state index contributed by atoms with van der Waals surface area (Å²) in [5, 5.41) is 5.98. The number of piperazine rings is 1. The van der Waals surface area contributed by atoms with Crippen LogP contribution in [0.3, 0.4) is 0 Å². The lowest BCUT2D eigenvalue weighted by Gasteiger charge is -2.28. The van der Waals surface area contributed by atoms with Crippen molar-refractivity contribution in [1.29, 1.82) is 0 Å². The lowest BCUT2D eigenvalue weighted by molar-refractivity contribution is -0.120. The van der Waals surface area contributed by atoms with Gasteiger partial charge in [-0.05, 0) is 42.0 Å². The van der Waals surface area contributed by atoms with E-state index in [1.807, 2.05) is 24.3 Å². The van der Waals surface area contributed by atoms with Crippen molar-refractivity contribution < 1.29 is 13.9 Å². The monoisotopic (exact) mass is 393 g/mol. The molecule has 1 amide bonds. The maximum absolute atomic E-state index is 13.0. The van der Waals surface area contributed by atoms with Gasteiger partial charge in [-0.2, -0.15) is 4.98 Å². The molecule has 4 rings (SSSR count). The van der Waals surface area contributed by atoms with Crippen LogP contribution in [0.1, 0.15) is 5.56 Å². The maximum Gasteiger partial charge on any atom is 0.239 e. The second-order valence-electron chi connectivity index (χ2n) is 6.57. The molecule has 2 N–H and O–H groups in total. The zero-order chi connectivity index (χ0) is 20.1. The molecule has 1 fully saturated rings. The van der Waals surface area contributed by atoms with Gasteiger partial charge in [-0.15, -0.1) is 0 Å². The van der Waals surface area contributed by atoms with Gasteiger partial charge in [0, 0.05) is 37.6 Å². The highest BCUT2D eigenvalue weighted by Crippen LogP contribution is 2.20. The summed E-state index contributed by atoms with van der Waals surface area (Å²) < 4.78 is 18.6. The van der Waals surface area contributed by atoms with Crippen molar-refractivity contribution in [3.05, 3.63) is 72.2 Å². The summed E-state index contributed by atoms with van der Waals surface area (Å²) in [6.45, 7) is 2.39. The molecule has 0 aliphatic carbocycles. The van der Waals surface area contributed by atoms with Crippen LogP contribution in [-0.4, -0.2) is 35.5 Å². The Morgan fingerprint density at radius 3 is 2.66 bits per heavy atom. The van der Waals surface area contributed by atoms with Gasteiger partial charge >= 0.3 is 0 Å². The first kappa shape index (κ1) is 18.7. The highest BCUT2D eigenvalue weighted by molar-refractivity contribution is 5.82. The number of halogens is 1. The largest absolute Gasteiger partial charge is 0.439 e. The smallest absolute Gasteiger partial charge is 0.239 e. The van der Waals surface area contributed by atoms with Crippen LogP contribution in [0.2, 0.25) is 0 Å². The Labute approximate surface area is 167 Å². The first-order valence-corrected chi connectivity index (χ1v) is 9.27. The van der Waals surface area contributed by atoms with Crippen molar-refractivity contribution >= 4 is 17.5 Å². The third kappa shape index (κ3) is 4.98. The minimum Gasteiger partial charge on any atom is -0.439 e. The molecule has 0 bridgehead atoms. The SMILES string of the molecule is O=C1CN(c2ccc(CNc3nccc(Oc4ccc(F)cc4)n3)cc2)CCN1. The number of hydrogen-bond donors (Lipinski definition) is 2. The predicted molar refractivity (Wildman–Crippen MR) is 107 cm³/mol. The van der Waals surface area contributed by atoms with Gasteiger partial charge in [0.15, 0.2) is 0 Å². The molecule has 0 radical (unpaired) electrons. The van der Waals surface area contributed by atoms with Crippen molar-refractivity contribution in [3.8, 4) is 11.6 Å². The van der Waals surface area contributed by atoms with Gasteiger partial charge < -0.3 is 20.3 Å². The summed E-state index contributed by atoms with van der Waals surface area (Å²) in [5.74, 6) is 1.02. The van der Waals surface area contributed by atoms with E-state index in [1.54, 1.807) is 12.3 Å². The summed E-state index contributed by atoms with van der Waals surface area (Å²) in [5.41, 5.74) is 2.08. The number of carbonyl (C=O) groups is 1. The van der Waals surface area contributed by atoms with Crippen LogP contribution in [0.25, 0.3) is 0 Å². The molecule has 0 atom stereocenters. The first-order chi connectivity index (χ1) is 14.2. The molecule has 0 saturated carbocycles. The van der Waals surface area contributed by atoms with Gasteiger partial charge in [0.2, 0.25) is 17.7 Å². The lowest BCUT2D eigenvalue weighted by Crippen LogP contribution is -2.47. The molecule has 2 aromatic carbocycles. The molecule has 2 heterocycles. The second kappa shape index (κ2) is 8.55. The van der Waals surface area contributed by atoms with Crippen LogP contribution in [0.5, 0.6) is 11.6 Å². The van der Waals surface area contributed by atoms with E-state index < -0.39 is 0 Å². The number of benzene rings is 2. The van der Waals surface area contributed by atoms with E-state index in [0.29, 0.717) is 37.2 Å². The lowest BCUT2D eigenvalue weighted by atomic mass is 10.2. The Kier molecular flexibility index (Phi) is 5.51. The van der Waals surface area contributed by atoms with E-state index in [9.17, 15) is 9.18 Å². The first-order valence-electron chi connectivity index (χ1n) is 9.27. The molecule has 1 aliphatic rings. The number of aromatic nitrogens is 2. The summed E-state index contributed by atoms with van der Waals surface area (Å²) >= 11 is 0. The van der Waals surface area contributed by atoms with E-state index in [1.165, 1.54) is 24.3 Å². The van der Waals surface area contributed by atoms with Gasteiger partial charge in [-0.3, -0.25) is 4.79 Å². The Hall–Kier alpha value is -3.68. The quantitative estimate of drug-likeness (QED) is 0.670. The van der Waals surface area contributed by atoms with E-state index in [4.69, 9.17) is 4.74 Å².